The molecule has 0 radical (unpaired) electrons. The second-order valence-electron chi connectivity index (χ2n) is 3.97. The van der Waals surface area contributed by atoms with Crippen LogP contribution < -0.4 is 0 Å². The first kappa shape index (κ1) is 7.56. The molecular weight excluding hydrogens is 138 g/mol. The number of fused-ring (bicyclic) bond motifs is 2. The zero-order valence-electron chi connectivity index (χ0n) is 7.42. The van der Waals surface area contributed by atoms with Gasteiger partial charge in [0.2, 0.25) is 0 Å². The number of ether oxygens (including phenoxy) is 1. The molecule has 2 aliphatic rings. The quantitative estimate of drug-likeness (QED) is 0.565. The van der Waals surface area contributed by atoms with Crippen molar-refractivity contribution in [3.8, 4) is 0 Å². The number of piperidine rings is 1. The van der Waals surface area contributed by atoms with E-state index in [2.05, 4.69) is 18.7 Å². The molecule has 2 nitrogen and oxygen atoms in total. The fourth-order valence-corrected chi connectivity index (χ4v) is 2.27. The average Bonchev–Trinajstić information content (AvgIpc) is 2.32. The van der Waals surface area contributed by atoms with Gasteiger partial charge >= 0.3 is 0 Å². The number of likely N-dealkylation sites (tertiary alicyclic amines) is 1. The van der Waals surface area contributed by atoms with Gasteiger partial charge in [0.1, 0.15) is 0 Å². The number of hydrogen-bond acceptors (Lipinski definition) is 2. The van der Waals surface area contributed by atoms with Gasteiger partial charge in [0.05, 0.1) is 12.7 Å². The number of nitrogens with zero attached hydrogens (tertiary/aromatic N) is 1. The molecule has 2 atom stereocenters. The van der Waals surface area contributed by atoms with Gasteiger partial charge < -0.3 is 4.74 Å². The molecule has 0 aromatic carbocycles. The lowest BCUT2D eigenvalue weighted by molar-refractivity contribution is 0.105. The van der Waals surface area contributed by atoms with E-state index in [4.69, 9.17) is 4.74 Å². The van der Waals surface area contributed by atoms with E-state index in [-0.39, 0.29) is 0 Å². The van der Waals surface area contributed by atoms with Crippen LogP contribution in [0.3, 0.4) is 0 Å². The topological polar surface area (TPSA) is 12.5 Å². The lowest BCUT2D eigenvalue weighted by Gasteiger charge is -2.34. The molecule has 0 aliphatic carbocycles. The monoisotopic (exact) mass is 155 g/mol. The summed E-state index contributed by atoms with van der Waals surface area (Å²) in [6, 6.07) is 1.43. The first-order valence-corrected chi connectivity index (χ1v) is 4.64. The Morgan fingerprint density at radius 1 is 1.45 bits per heavy atom. The molecule has 2 aliphatic heterocycles. The van der Waals surface area contributed by atoms with Crippen molar-refractivity contribution < 1.29 is 4.74 Å². The van der Waals surface area contributed by atoms with Crippen LogP contribution in [0.25, 0.3) is 0 Å². The van der Waals surface area contributed by atoms with Gasteiger partial charge in [-0.3, -0.25) is 4.90 Å². The minimum atomic E-state index is 0.593. The zero-order valence-corrected chi connectivity index (χ0v) is 7.42. The smallest absolute Gasteiger partial charge is 0.0626 e. The van der Waals surface area contributed by atoms with Crippen LogP contribution >= 0.6 is 0 Å². The van der Waals surface area contributed by atoms with Crippen LogP contribution in [0.5, 0.6) is 0 Å². The Kier molecular flexibility index (Phi) is 1.90. The predicted molar refractivity (Wildman–Crippen MR) is 44.6 cm³/mol. The third-order valence-corrected chi connectivity index (χ3v) is 2.90. The van der Waals surface area contributed by atoms with E-state index in [9.17, 15) is 0 Å². The molecule has 0 aromatic heterocycles. The highest BCUT2D eigenvalue weighted by Gasteiger charge is 2.35. The molecule has 64 valence electrons. The maximum absolute atomic E-state index is 5.62. The highest BCUT2D eigenvalue weighted by Crippen LogP contribution is 2.28. The van der Waals surface area contributed by atoms with Gasteiger partial charge in [0, 0.05) is 18.6 Å². The van der Waals surface area contributed by atoms with Gasteiger partial charge in [-0.1, -0.05) is 0 Å². The van der Waals surface area contributed by atoms with Crippen LogP contribution in [0.4, 0.5) is 0 Å². The third-order valence-electron chi connectivity index (χ3n) is 2.90. The molecule has 2 bridgehead atoms. The highest BCUT2D eigenvalue weighted by atomic mass is 16.5. The van der Waals surface area contributed by atoms with E-state index in [1.54, 1.807) is 0 Å². The van der Waals surface area contributed by atoms with Gasteiger partial charge in [-0.2, -0.15) is 0 Å². The summed E-state index contributed by atoms with van der Waals surface area (Å²) in [6.07, 6.45) is 3.11. The average molecular weight is 155 g/mol. The van der Waals surface area contributed by atoms with Crippen molar-refractivity contribution in [2.75, 3.05) is 13.2 Å². The normalized spacial score (nSPS) is 38.5. The maximum Gasteiger partial charge on any atom is 0.0626 e. The molecule has 0 spiro atoms. The van der Waals surface area contributed by atoms with Crippen LogP contribution in [-0.4, -0.2) is 36.2 Å². The summed E-state index contributed by atoms with van der Waals surface area (Å²) in [5, 5.41) is 0. The molecule has 2 saturated heterocycles. The van der Waals surface area contributed by atoms with Crippen LogP contribution in [0, 0.1) is 0 Å². The van der Waals surface area contributed by atoms with Gasteiger partial charge in [-0.25, -0.2) is 0 Å². The first-order chi connectivity index (χ1) is 5.27. The molecule has 11 heavy (non-hydrogen) atoms. The van der Waals surface area contributed by atoms with Crippen molar-refractivity contribution >= 4 is 0 Å². The Hall–Kier alpha value is -0.0800. The van der Waals surface area contributed by atoms with Crippen LogP contribution in [0.1, 0.15) is 26.7 Å². The van der Waals surface area contributed by atoms with E-state index in [0.717, 1.165) is 12.6 Å². The van der Waals surface area contributed by atoms with Gasteiger partial charge in [-0.15, -0.1) is 0 Å². The lowest BCUT2D eigenvalue weighted by atomic mass is 10.0. The molecular formula is C9H17NO. The van der Waals surface area contributed by atoms with Crippen molar-refractivity contribution in [3.63, 3.8) is 0 Å². The summed E-state index contributed by atoms with van der Waals surface area (Å²) in [5.41, 5.74) is 0. The molecule has 2 heterocycles. The Bertz CT molecular complexity index is 146. The molecule has 2 rings (SSSR count). The standard InChI is InChI=1S/C9H17NO/c1-7(2)10-4-3-9-5-8(10)6-11-9/h7-9H,3-6H2,1-2H3. The fraction of sp³-hybridized carbons (Fsp3) is 1.00. The summed E-state index contributed by atoms with van der Waals surface area (Å²) in [6.45, 7) is 6.77. The third kappa shape index (κ3) is 1.30. The highest BCUT2D eigenvalue weighted by molar-refractivity contribution is 4.88. The number of rotatable bonds is 1. The zero-order chi connectivity index (χ0) is 7.84. The first-order valence-electron chi connectivity index (χ1n) is 4.64. The van der Waals surface area contributed by atoms with Crippen molar-refractivity contribution in [2.45, 2.75) is 44.9 Å². The molecule has 0 aromatic rings. The largest absolute Gasteiger partial charge is 0.376 e. The Labute approximate surface area is 68.5 Å². The van der Waals surface area contributed by atoms with Gasteiger partial charge in [0.25, 0.3) is 0 Å². The molecule has 0 saturated carbocycles. The minimum absolute atomic E-state index is 0.593. The Balaban J connectivity index is 2.01. The maximum atomic E-state index is 5.62. The van der Waals surface area contributed by atoms with Gasteiger partial charge in [0.15, 0.2) is 0 Å². The second kappa shape index (κ2) is 2.76. The summed E-state index contributed by atoms with van der Waals surface area (Å²) in [4.78, 5) is 2.57. The van der Waals surface area contributed by atoms with Crippen molar-refractivity contribution in [1.29, 1.82) is 0 Å². The van der Waals surface area contributed by atoms with Crippen LogP contribution in [0.15, 0.2) is 0 Å². The van der Waals surface area contributed by atoms with Crippen molar-refractivity contribution in [3.05, 3.63) is 0 Å². The molecule has 0 N–H and O–H groups in total. The molecule has 0 amide bonds. The van der Waals surface area contributed by atoms with E-state index < -0.39 is 0 Å². The summed E-state index contributed by atoms with van der Waals surface area (Å²) < 4.78 is 5.62. The van der Waals surface area contributed by atoms with E-state index >= 15 is 0 Å². The van der Waals surface area contributed by atoms with E-state index in [0.29, 0.717) is 12.1 Å². The Morgan fingerprint density at radius 3 is 3.00 bits per heavy atom. The minimum Gasteiger partial charge on any atom is -0.376 e. The predicted octanol–water partition coefficient (Wildman–Crippen LogP) is 1.26. The summed E-state index contributed by atoms with van der Waals surface area (Å²) >= 11 is 0. The summed E-state index contributed by atoms with van der Waals surface area (Å²) in [5.74, 6) is 0. The molecule has 2 fully saturated rings. The van der Waals surface area contributed by atoms with Gasteiger partial charge in [-0.05, 0) is 26.7 Å². The fourth-order valence-electron chi connectivity index (χ4n) is 2.27. The Morgan fingerprint density at radius 2 is 2.27 bits per heavy atom. The van der Waals surface area contributed by atoms with E-state index in [1.807, 2.05) is 0 Å². The molecule has 2 heteroatoms. The number of hydrogen-bond donors (Lipinski definition) is 0. The summed E-state index contributed by atoms with van der Waals surface area (Å²) in [7, 11) is 0. The van der Waals surface area contributed by atoms with E-state index in [1.165, 1.54) is 19.4 Å². The van der Waals surface area contributed by atoms with Crippen molar-refractivity contribution in [1.82, 2.24) is 4.90 Å². The van der Waals surface area contributed by atoms with Crippen molar-refractivity contribution in [2.24, 2.45) is 0 Å². The van der Waals surface area contributed by atoms with Crippen LogP contribution in [-0.2, 0) is 4.74 Å². The lowest BCUT2D eigenvalue weighted by Crippen LogP contribution is -2.44. The molecule has 2 unspecified atom stereocenters. The second-order valence-corrected chi connectivity index (χ2v) is 3.97. The van der Waals surface area contributed by atoms with Crippen LogP contribution in [0.2, 0.25) is 0 Å². The SMILES string of the molecule is CC(C)N1CCC2CC1CO2.